The van der Waals surface area contributed by atoms with Crippen LogP contribution in [0.5, 0.6) is 0 Å². The Balaban J connectivity index is 2.24. The average Bonchev–Trinajstić information content (AvgIpc) is 2.16. The van der Waals surface area contributed by atoms with Crippen LogP contribution in [0.2, 0.25) is 0 Å². The molecule has 0 unspecified atom stereocenters. The fourth-order valence-electron chi connectivity index (χ4n) is 4.10. The summed E-state index contributed by atoms with van der Waals surface area (Å²) in [6, 6.07) is 0. The Morgan fingerprint density at radius 2 is 2.06 bits per heavy atom. The molecular weight excluding hydrogens is 196 g/mol. The maximum Gasteiger partial charge on any atom is 0.0641 e. The van der Waals surface area contributed by atoms with Gasteiger partial charge in [-0.1, -0.05) is 32.9 Å². The Morgan fingerprint density at radius 1 is 1.38 bits per heavy atom. The lowest BCUT2D eigenvalue weighted by Crippen LogP contribution is -2.48. The van der Waals surface area contributed by atoms with Crippen LogP contribution in [0.25, 0.3) is 0 Å². The molecule has 2 rings (SSSR count). The van der Waals surface area contributed by atoms with E-state index in [1.165, 1.54) is 31.3 Å². The molecule has 1 heteroatoms. The summed E-state index contributed by atoms with van der Waals surface area (Å²) in [6.45, 7) is 11.1. The molecule has 16 heavy (non-hydrogen) atoms. The van der Waals surface area contributed by atoms with Crippen LogP contribution in [-0.4, -0.2) is 11.2 Å². The minimum Gasteiger partial charge on any atom is -0.392 e. The number of aliphatic hydroxyl groups excluding tert-OH is 1. The first kappa shape index (κ1) is 12.2. The summed E-state index contributed by atoms with van der Waals surface area (Å²) in [5.74, 6) is 1.43. The van der Waals surface area contributed by atoms with Gasteiger partial charge < -0.3 is 5.11 Å². The van der Waals surface area contributed by atoms with Crippen LogP contribution < -0.4 is 0 Å². The Labute approximate surface area is 99.9 Å². The fourth-order valence-corrected chi connectivity index (χ4v) is 4.10. The lowest BCUT2D eigenvalue weighted by atomic mass is 9.54. The van der Waals surface area contributed by atoms with Gasteiger partial charge in [-0.2, -0.15) is 0 Å². The number of aliphatic hydroxyl groups is 1. The second kappa shape index (κ2) is 4.18. The van der Waals surface area contributed by atoms with E-state index in [-0.39, 0.29) is 6.10 Å². The molecule has 0 aliphatic heterocycles. The summed E-state index contributed by atoms with van der Waals surface area (Å²) in [5.41, 5.74) is 1.65. The summed E-state index contributed by atoms with van der Waals surface area (Å²) in [7, 11) is 0. The summed E-state index contributed by atoms with van der Waals surface area (Å²) in [5, 5.41) is 10.6. The minimum absolute atomic E-state index is 0.147. The molecule has 4 atom stereocenters. The molecule has 1 nitrogen and oxygen atoms in total. The van der Waals surface area contributed by atoms with Gasteiger partial charge in [0, 0.05) is 5.92 Å². The third-order valence-corrected chi connectivity index (χ3v) is 5.12. The van der Waals surface area contributed by atoms with Gasteiger partial charge >= 0.3 is 0 Å². The topological polar surface area (TPSA) is 20.2 Å². The number of hydrogen-bond acceptors (Lipinski definition) is 1. The molecule has 0 amide bonds. The number of rotatable bonds is 1. The first-order chi connectivity index (χ1) is 7.46. The minimum atomic E-state index is -0.147. The van der Waals surface area contributed by atoms with Crippen molar-refractivity contribution < 1.29 is 5.11 Å². The molecule has 0 aromatic carbocycles. The second-order valence-electron chi connectivity index (χ2n) is 6.58. The maximum atomic E-state index is 10.6. The van der Waals surface area contributed by atoms with Gasteiger partial charge in [0.15, 0.2) is 0 Å². The fraction of sp³-hybridized carbons (Fsp3) is 0.867. The van der Waals surface area contributed by atoms with E-state index in [2.05, 4.69) is 27.4 Å². The first-order valence-corrected chi connectivity index (χ1v) is 6.81. The van der Waals surface area contributed by atoms with Gasteiger partial charge in [-0.05, 0) is 49.4 Å². The van der Waals surface area contributed by atoms with E-state index in [9.17, 15) is 5.11 Å². The van der Waals surface area contributed by atoms with Gasteiger partial charge in [-0.3, -0.25) is 0 Å². The molecule has 0 radical (unpaired) electrons. The number of hydrogen-bond donors (Lipinski definition) is 1. The van der Waals surface area contributed by atoms with E-state index in [0.29, 0.717) is 23.2 Å². The van der Waals surface area contributed by atoms with Crippen LogP contribution in [0.15, 0.2) is 12.2 Å². The predicted molar refractivity (Wildman–Crippen MR) is 68.2 cm³/mol. The van der Waals surface area contributed by atoms with Crippen molar-refractivity contribution in [1.29, 1.82) is 0 Å². The van der Waals surface area contributed by atoms with Gasteiger partial charge in [0.25, 0.3) is 0 Å². The second-order valence-corrected chi connectivity index (χ2v) is 6.58. The zero-order valence-electron chi connectivity index (χ0n) is 11.0. The lowest BCUT2D eigenvalue weighted by molar-refractivity contribution is -0.0669. The molecule has 92 valence electrons. The van der Waals surface area contributed by atoms with E-state index < -0.39 is 0 Å². The smallest absolute Gasteiger partial charge is 0.0641 e. The van der Waals surface area contributed by atoms with Gasteiger partial charge in [0.2, 0.25) is 0 Å². The monoisotopic (exact) mass is 222 g/mol. The summed E-state index contributed by atoms with van der Waals surface area (Å²) in [6.07, 6.45) is 5.99. The van der Waals surface area contributed by atoms with Crippen LogP contribution in [0.3, 0.4) is 0 Å². The molecule has 2 aliphatic rings. The Bertz CT molecular complexity index is 281. The van der Waals surface area contributed by atoms with Crippen molar-refractivity contribution in [3.8, 4) is 0 Å². The molecule has 0 spiro atoms. The third-order valence-electron chi connectivity index (χ3n) is 5.12. The van der Waals surface area contributed by atoms with E-state index >= 15 is 0 Å². The van der Waals surface area contributed by atoms with Crippen molar-refractivity contribution in [3.63, 3.8) is 0 Å². The summed E-state index contributed by atoms with van der Waals surface area (Å²) in [4.78, 5) is 0. The van der Waals surface area contributed by atoms with E-state index in [0.717, 1.165) is 6.42 Å². The van der Waals surface area contributed by atoms with Crippen molar-refractivity contribution >= 4 is 0 Å². The SMILES string of the molecule is C=C1CCC[C@]2(C)CC[C@H](C(C)C)[C@H](O)[C@@H]12. The molecule has 2 saturated carbocycles. The molecule has 2 aliphatic carbocycles. The third kappa shape index (κ3) is 1.84. The van der Waals surface area contributed by atoms with Crippen molar-refractivity contribution in [2.24, 2.45) is 23.2 Å². The van der Waals surface area contributed by atoms with Gasteiger partial charge in [0.1, 0.15) is 0 Å². The molecule has 0 bridgehead atoms. The summed E-state index contributed by atoms with van der Waals surface area (Å²) >= 11 is 0. The van der Waals surface area contributed by atoms with E-state index in [1.807, 2.05) is 0 Å². The van der Waals surface area contributed by atoms with Crippen molar-refractivity contribution in [2.75, 3.05) is 0 Å². The zero-order chi connectivity index (χ0) is 11.9. The highest BCUT2D eigenvalue weighted by Crippen LogP contribution is 2.54. The quantitative estimate of drug-likeness (QED) is 0.669. The highest BCUT2D eigenvalue weighted by molar-refractivity contribution is 5.15. The lowest BCUT2D eigenvalue weighted by Gasteiger charge is -2.52. The molecule has 0 aromatic rings. The van der Waals surface area contributed by atoms with Crippen LogP contribution in [0, 0.1) is 23.2 Å². The Morgan fingerprint density at radius 3 is 2.69 bits per heavy atom. The highest BCUT2D eigenvalue weighted by atomic mass is 16.3. The van der Waals surface area contributed by atoms with Crippen molar-refractivity contribution in [3.05, 3.63) is 12.2 Å². The molecule has 1 N–H and O–H groups in total. The van der Waals surface area contributed by atoms with Crippen LogP contribution in [-0.2, 0) is 0 Å². The van der Waals surface area contributed by atoms with E-state index in [1.54, 1.807) is 0 Å². The molecule has 2 fully saturated rings. The van der Waals surface area contributed by atoms with Crippen molar-refractivity contribution in [1.82, 2.24) is 0 Å². The zero-order valence-corrected chi connectivity index (χ0v) is 11.0. The molecule has 0 aromatic heterocycles. The predicted octanol–water partition coefficient (Wildman–Crippen LogP) is 3.78. The van der Waals surface area contributed by atoms with Gasteiger partial charge in [0.05, 0.1) is 6.10 Å². The highest BCUT2D eigenvalue weighted by Gasteiger charge is 2.48. The molecule has 0 saturated heterocycles. The van der Waals surface area contributed by atoms with Crippen LogP contribution in [0.1, 0.15) is 52.9 Å². The van der Waals surface area contributed by atoms with Gasteiger partial charge in [-0.15, -0.1) is 0 Å². The average molecular weight is 222 g/mol. The first-order valence-electron chi connectivity index (χ1n) is 6.81. The Hall–Kier alpha value is -0.300. The standard InChI is InChI=1S/C15H26O/c1-10(2)12-7-9-15(4)8-5-6-11(3)13(15)14(12)16/h10,12-14,16H,3,5-9H2,1-2,4H3/t12-,13-,14+,15-/m1/s1. The normalized spacial score (nSPS) is 44.6. The summed E-state index contributed by atoms with van der Waals surface area (Å²) < 4.78 is 0. The van der Waals surface area contributed by atoms with E-state index in [4.69, 9.17) is 0 Å². The Kier molecular flexibility index (Phi) is 3.18. The van der Waals surface area contributed by atoms with Crippen molar-refractivity contribution in [2.45, 2.75) is 59.0 Å². The molecule has 0 heterocycles. The number of fused-ring (bicyclic) bond motifs is 1. The maximum absolute atomic E-state index is 10.6. The van der Waals surface area contributed by atoms with Gasteiger partial charge in [-0.25, -0.2) is 0 Å². The molecular formula is C15H26O. The largest absolute Gasteiger partial charge is 0.392 e. The van der Waals surface area contributed by atoms with Crippen LogP contribution >= 0.6 is 0 Å². The van der Waals surface area contributed by atoms with Crippen LogP contribution in [0.4, 0.5) is 0 Å².